The van der Waals surface area contributed by atoms with Crippen LogP contribution < -0.4 is 4.74 Å². The topological polar surface area (TPSA) is 57.2 Å². The van der Waals surface area contributed by atoms with E-state index in [0.717, 1.165) is 0 Å². The van der Waals surface area contributed by atoms with Crippen LogP contribution in [0.15, 0.2) is 24.7 Å². The minimum absolute atomic E-state index is 0.214. The van der Waals surface area contributed by atoms with E-state index in [0.29, 0.717) is 33.9 Å². The maximum atomic E-state index is 12.6. The molecule has 0 aliphatic heterocycles. The van der Waals surface area contributed by atoms with Crippen LogP contribution in [0.25, 0.3) is 16.9 Å². The Morgan fingerprint density at radius 2 is 2.19 bits per heavy atom. The molecule has 0 saturated carbocycles. The SMILES string of the molecule is CCOc1cc(Cl)nn2c(-c3cnn(C(F)F)c3)cnc12. The van der Waals surface area contributed by atoms with Gasteiger partial charge >= 0.3 is 6.55 Å². The van der Waals surface area contributed by atoms with Crippen LogP contribution in [0, 0.1) is 0 Å². The predicted molar refractivity (Wildman–Crippen MR) is 71.6 cm³/mol. The molecular formula is C12H10ClF2N5O. The zero-order valence-corrected chi connectivity index (χ0v) is 11.6. The average molecular weight is 314 g/mol. The van der Waals surface area contributed by atoms with Gasteiger partial charge in [-0.3, -0.25) is 0 Å². The summed E-state index contributed by atoms with van der Waals surface area (Å²) in [5.74, 6) is 0.477. The molecule has 0 aliphatic carbocycles. The summed E-state index contributed by atoms with van der Waals surface area (Å²) in [5.41, 5.74) is 1.42. The van der Waals surface area contributed by atoms with Crippen molar-refractivity contribution in [1.82, 2.24) is 24.4 Å². The molecule has 0 amide bonds. The summed E-state index contributed by atoms with van der Waals surface area (Å²) >= 11 is 5.95. The van der Waals surface area contributed by atoms with E-state index < -0.39 is 6.55 Å². The second-order valence-electron chi connectivity index (χ2n) is 4.13. The second kappa shape index (κ2) is 5.28. The van der Waals surface area contributed by atoms with Gasteiger partial charge in [0, 0.05) is 17.8 Å². The highest BCUT2D eigenvalue weighted by Crippen LogP contribution is 2.27. The first-order chi connectivity index (χ1) is 10.1. The number of imidazole rings is 1. The van der Waals surface area contributed by atoms with Gasteiger partial charge in [0.15, 0.2) is 16.5 Å². The molecule has 0 radical (unpaired) electrons. The quantitative estimate of drug-likeness (QED) is 0.743. The fourth-order valence-corrected chi connectivity index (χ4v) is 2.12. The smallest absolute Gasteiger partial charge is 0.333 e. The molecule has 110 valence electrons. The van der Waals surface area contributed by atoms with Gasteiger partial charge < -0.3 is 4.74 Å². The van der Waals surface area contributed by atoms with Crippen LogP contribution in [0.4, 0.5) is 8.78 Å². The molecule has 0 N–H and O–H groups in total. The second-order valence-corrected chi connectivity index (χ2v) is 4.52. The molecule has 0 atom stereocenters. The average Bonchev–Trinajstić information content (AvgIpc) is 3.04. The molecule has 3 rings (SSSR count). The van der Waals surface area contributed by atoms with Crippen molar-refractivity contribution in [2.24, 2.45) is 0 Å². The molecule has 0 spiro atoms. The number of halogens is 3. The van der Waals surface area contributed by atoms with E-state index in [1.54, 1.807) is 6.07 Å². The van der Waals surface area contributed by atoms with E-state index in [1.807, 2.05) is 6.92 Å². The van der Waals surface area contributed by atoms with Gasteiger partial charge in [0.25, 0.3) is 0 Å². The molecule has 0 unspecified atom stereocenters. The number of aromatic nitrogens is 5. The lowest BCUT2D eigenvalue weighted by atomic mass is 10.3. The van der Waals surface area contributed by atoms with Crippen LogP contribution in [-0.4, -0.2) is 31.0 Å². The van der Waals surface area contributed by atoms with Gasteiger partial charge in [-0.25, -0.2) is 14.2 Å². The highest BCUT2D eigenvalue weighted by molar-refractivity contribution is 6.29. The Morgan fingerprint density at radius 1 is 1.38 bits per heavy atom. The summed E-state index contributed by atoms with van der Waals surface area (Å²) in [6.07, 6.45) is 4.05. The standard InChI is InChI=1S/C12H10ClF2N5O/c1-2-21-9-3-10(13)18-20-8(5-16-11(9)20)7-4-17-19(6-7)12(14)15/h3-6,12H,2H2,1H3. The van der Waals surface area contributed by atoms with Crippen molar-refractivity contribution in [3.05, 3.63) is 29.8 Å². The monoisotopic (exact) mass is 313 g/mol. The molecule has 0 saturated heterocycles. The van der Waals surface area contributed by atoms with Gasteiger partial charge in [0.1, 0.15) is 0 Å². The molecule has 0 fully saturated rings. The highest BCUT2D eigenvalue weighted by Gasteiger charge is 2.16. The van der Waals surface area contributed by atoms with Crippen molar-refractivity contribution in [2.45, 2.75) is 13.5 Å². The third kappa shape index (κ3) is 2.42. The third-order valence-corrected chi connectivity index (χ3v) is 2.99. The predicted octanol–water partition coefficient (Wildman–Crippen LogP) is 3.04. The van der Waals surface area contributed by atoms with Gasteiger partial charge in [0.05, 0.1) is 24.7 Å². The molecule has 0 bridgehead atoms. The van der Waals surface area contributed by atoms with Crippen molar-refractivity contribution >= 4 is 17.2 Å². The van der Waals surface area contributed by atoms with E-state index in [9.17, 15) is 8.78 Å². The molecule has 0 aromatic carbocycles. The first-order valence-corrected chi connectivity index (χ1v) is 6.47. The number of ether oxygens (including phenoxy) is 1. The Kier molecular flexibility index (Phi) is 3.46. The molecule has 3 heterocycles. The number of fused-ring (bicyclic) bond motifs is 1. The van der Waals surface area contributed by atoms with Gasteiger partial charge in [0.2, 0.25) is 0 Å². The lowest BCUT2D eigenvalue weighted by molar-refractivity contribution is 0.0566. The van der Waals surface area contributed by atoms with E-state index in [-0.39, 0.29) is 5.15 Å². The van der Waals surface area contributed by atoms with Crippen LogP contribution in [0.3, 0.4) is 0 Å². The minimum Gasteiger partial charge on any atom is -0.490 e. The van der Waals surface area contributed by atoms with Crippen molar-refractivity contribution in [1.29, 1.82) is 0 Å². The Labute approximate surface area is 122 Å². The van der Waals surface area contributed by atoms with Gasteiger partial charge in [-0.1, -0.05) is 11.6 Å². The molecule has 21 heavy (non-hydrogen) atoms. The van der Waals surface area contributed by atoms with Gasteiger partial charge in [-0.05, 0) is 6.92 Å². The summed E-state index contributed by atoms with van der Waals surface area (Å²) in [7, 11) is 0. The van der Waals surface area contributed by atoms with Crippen LogP contribution in [0.5, 0.6) is 5.75 Å². The Morgan fingerprint density at radius 3 is 2.86 bits per heavy atom. The molecule has 6 nitrogen and oxygen atoms in total. The van der Waals surface area contributed by atoms with E-state index >= 15 is 0 Å². The third-order valence-electron chi connectivity index (χ3n) is 2.80. The molecule has 9 heteroatoms. The molecule has 0 aliphatic rings. The normalized spacial score (nSPS) is 11.5. The van der Waals surface area contributed by atoms with Crippen LogP contribution in [0.2, 0.25) is 5.15 Å². The fraction of sp³-hybridized carbons (Fsp3) is 0.250. The van der Waals surface area contributed by atoms with Crippen LogP contribution in [0.1, 0.15) is 13.5 Å². The van der Waals surface area contributed by atoms with Crippen molar-refractivity contribution in [3.63, 3.8) is 0 Å². The minimum atomic E-state index is -2.70. The van der Waals surface area contributed by atoms with E-state index in [1.165, 1.54) is 23.1 Å². The van der Waals surface area contributed by atoms with Crippen molar-refractivity contribution in [2.75, 3.05) is 6.61 Å². The fourth-order valence-electron chi connectivity index (χ4n) is 1.95. The molecule has 3 aromatic heterocycles. The first kappa shape index (κ1) is 13.7. The zero-order valence-electron chi connectivity index (χ0n) is 10.9. The maximum Gasteiger partial charge on any atom is 0.333 e. The molecular weight excluding hydrogens is 304 g/mol. The van der Waals surface area contributed by atoms with Crippen LogP contribution >= 0.6 is 11.6 Å². The lowest BCUT2D eigenvalue weighted by Crippen LogP contribution is -2.00. The molecule has 3 aromatic rings. The summed E-state index contributed by atoms with van der Waals surface area (Å²) < 4.78 is 32.6. The summed E-state index contributed by atoms with van der Waals surface area (Å²) in [6, 6.07) is 1.56. The summed E-state index contributed by atoms with van der Waals surface area (Å²) in [6.45, 7) is -0.420. The Bertz CT molecular complexity index is 785. The number of alkyl halides is 2. The lowest BCUT2D eigenvalue weighted by Gasteiger charge is -2.05. The van der Waals surface area contributed by atoms with E-state index in [2.05, 4.69) is 15.2 Å². The van der Waals surface area contributed by atoms with Crippen LogP contribution in [-0.2, 0) is 0 Å². The zero-order chi connectivity index (χ0) is 15.0. The number of hydrogen-bond acceptors (Lipinski definition) is 4. The van der Waals surface area contributed by atoms with Crippen molar-refractivity contribution < 1.29 is 13.5 Å². The largest absolute Gasteiger partial charge is 0.490 e. The number of rotatable bonds is 4. The highest BCUT2D eigenvalue weighted by atomic mass is 35.5. The first-order valence-electron chi connectivity index (χ1n) is 6.10. The number of nitrogens with zero attached hydrogens (tertiary/aromatic N) is 5. The maximum absolute atomic E-state index is 12.6. The van der Waals surface area contributed by atoms with Gasteiger partial charge in [-0.2, -0.15) is 19.0 Å². The van der Waals surface area contributed by atoms with E-state index in [4.69, 9.17) is 16.3 Å². The van der Waals surface area contributed by atoms with Crippen molar-refractivity contribution in [3.8, 4) is 17.0 Å². The Hall–Kier alpha value is -2.22. The summed E-state index contributed by atoms with van der Waals surface area (Å²) in [4.78, 5) is 4.20. The summed E-state index contributed by atoms with van der Waals surface area (Å²) in [5, 5.41) is 7.93. The number of hydrogen-bond donors (Lipinski definition) is 0. The van der Waals surface area contributed by atoms with Gasteiger partial charge in [-0.15, -0.1) is 0 Å². The Balaban J connectivity index is 2.14.